The van der Waals surface area contributed by atoms with E-state index in [9.17, 15) is 4.21 Å². The van der Waals surface area contributed by atoms with Gasteiger partial charge in [0.1, 0.15) is 0 Å². The molecule has 0 fully saturated rings. The van der Waals surface area contributed by atoms with Gasteiger partial charge in [-0.3, -0.25) is 0 Å². The average Bonchev–Trinajstić information content (AvgIpc) is 2.04. The van der Waals surface area contributed by atoms with E-state index in [0.717, 1.165) is 25.9 Å². The van der Waals surface area contributed by atoms with Gasteiger partial charge in [-0.1, -0.05) is 13.8 Å². The van der Waals surface area contributed by atoms with Crippen molar-refractivity contribution in [3.63, 3.8) is 0 Å². The largest absolute Gasteiger partial charge is 0.373 e. The number of thiocarbonyl (C=S) groups is 1. The van der Waals surface area contributed by atoms with Gasteiger partial charge in [0, 0.05) is 13.1 Å². The molecule has 0 rings (SSSR count). The molecule has 0 saturated carbocycles. The molecule has 0 aromatic rings. The van der Waals surface area contributed by atoms with Gasteiger partial charge in [0.05, 0.1) is 0 Å². The maximum absolute atomic E-state index is 10.1. The minimum atomic E-state index is -0.368. The van der Waals surface area contributed by atoms with Crippen LogP contribution in [0.25, 0.3) is 0 Å². The molecule has 0 radical (unpaired) electrons. The Morgan fingerprint density at radius 3 is 2.25 bits per heavy atom. The van der Waals surface area contributed by atoms with Crippen LogP contribution in [0.3, 0.4) is 0 Å². The fraction of sp³-hybridized carbons (Fsp3) is 0.857. The molecule has 0 heterocycles. The first-order valence-electron chi connectivity index (χ1n) is 4.04. The molecule has 0 atom stereocenters. The number of hydrogen-bond acceptors (Lipinski definition) is 3. The molecule has 0 saturated heterocycles. The number of thiol groups is 1. The zero-order valence-corrected chi connectivity index (χ0v) is 9.16. The summed E-state index contributed by atoms with van der Waals surface area (Å²) in [5, 5.41) is 0.329. The molecule has 0 N–H and O–H groups in total. The van der Waals surface area contributed by atoms with E-state index in [2.05, 4.69) is 18.0 Å². The highest BCUT2D eigenvalue weighted by atomic mass is 32.2. The monoisotopic (exact) mass is 209 g/mol. The van der Waals surface area contributed by atoms with Crippen molar-refractivity contribution in [1.82, 2.24) is 4.90 Å². The normalized spacial score (nSPS) is 9.50. The molecular weight excluding hydrogens is 194 g/mol. The van der Waals surface area contributed by atoms with Crippen LogP contribution in [0.1, 0.15) is 26.7 Å². The van der Waals surface area contributed by atoms with Crippen LogP contribution in [-0.2, 0) is 16.1 Å². The van der Waals surface area contributed by atoms with Crippen LogP contribution < -0.4 is 0 Å². The third-order valence-corrected chi connectivity index (χ3v) is 2.07. The van der Waals surface area contributed by atoms with Gasteiger partial charge < -0.3 is 9.08 Å². The summed E-state index contributed by atoms with van der Waals surface area (Å²) in [5.41, 5.74) is 0. The zero-order chi connectivity index (χ0) is 9.40. The molecule has 5 heteroatoms. The molecule has 0 spiro atoms. The second kappa shape index (κ2) is 7.49. The molecule has 0 bridgehead atoms. The number of nitrogens with zero attached hydrogens (tertiary/aromatic N) is 1. The zero-order valence-electron chi connectivity index (χ0n) is 7.45. The van der Waals surface area contributed by atoms with E-state index in [1.54, 1.807) is 0 Å². The van der Waals surface area contributed by atoms with Crippen molar-refractivity contribution in [1.29, 1.82) is 0 Å². The molecule has 72 valence electrons. The van der Waals surface area contributed by atoms with Crippen molar-refractivity contribution in [3.05, 3.63) is 0 Å². The summed E-state index contributed by atoms with van der Waals surface area (Å²) in [6, 6.07) is 0. The van der Waals surface area contributed by atoms with Crippen LogP contribution in [0.2, 0.25) is 0 Å². The van der Waals surface area contributed by atoms with Gasteiger partial charge in [-0.2, -0.15) is 0 Å². The van der Waals surface area contributed by atoms with Gasteiger partial charge in [0.25, 0.3) is 5.17 Å². The fourth-order valence-electron chi connectivity index (χ4n) is 0.924. The Morgan fingerprint density at radius 2 is 1.92 bits per heavy atom. The Bertz CT molecular complexity index is 146. The third kappa shape index (κ3) is 4.66. The van der Waals surface area contributed by atoms with Crippen LogP contribution in [0.5, 0.6) is 0 Å². The first kappa shape index (κ1) is 11.8. The quantitative estimate of drug-likeness (QED) is 0.545. The van der Waals surface area contributed by atoms with E-state index < -0.39 is 0 Å². The van der Waals surface area contributed by atoms with Crippen LogP contribution in [0.15, 0.2) is 0 Å². The average molecular weight is 209 g/mol. The Balaban J connectivity index is 3.89. The van der Waals surface area contributed by atoms with E-state index in [4.69, 9.17) is 12.2 Å². The highest BCUT2D eigenvalue weighted by Crippen LogP contribution is 1.97. The predicted molar refractivity (Wildman–Crippen MR) is 55.4 cm³/mol. The summed E-state index contributed by atoms with van der Waals surface area (Å²) < 4.78 is 14.8. The summed E-state index contributed by atoms with van der Waals surface area (Å²) >= 11 is 4.53. The Morgan fingerprint density at radius 1 is 1.42 bits per heavy atom. The second-order valence-electron chi connectivity index (χ2n) is 2.42. The van der Waals surface area contributed by atoms with Crippen molar-refractivity contribution < 1.29 is 8.39 Å². The van der Waals surface area contributed by atoms with E-state index in [0.29, 0.717) is 5.17 Å². The van der Waals surface area contributed by atoms with Crippen molar-refractivity contribution in [3.8, 4) is 0 Å². The summed E-state index contributed by atoms with van der Waals surface area (Å²) in [7, 11) is 0. The lowest BCUT2D eigenvalue weighted by atomic mass is 10.4. The summed E-state index contributed by atoms with van der Waals surface area (Å²) in [6.45, 7) is 5.87. The van der Waals surface area contributed by atoms with Gasteiger partial charge in [-0.25, -0.2) is 4.21 Å². The molecule has 0 aliphatic rings. The Kier molecular flexibility index (Phi) is 7.39. The van der Waals surface area contributed by atoms with Crippen molar-refractivity contribution in [2.24, 2.45) is 0 Å². The van der Waals surface area contributed by atoms with Gasteiger partial charge in [-0.05, 0) is 25.1 Å². The molecule has 0 aromatic carbocycles. The second-order valence-corrected chi connectivity index (χ2v) is 3.10. The molecule has 0 aliphatic carbocycles. The van der Waals surface area contributed by atoms with E-state index in [-0.39, 0.29) is 11.9 Å². The molecule has 0 unspecified atom stereocenters. The maximum Gasteiger partial charge on any atom is 0.275 e. The van der Waals surface area contributed by atoms with E-state index in [1.807, 2.05) is 4.90 Å². The number of hydrogen-bond donors (Lipinski definition) is 1. The van der Waals surface area contributed by atoms with Gasteiger partial charge in [-0.15, -0.1) is 0 Å². The van der Waals surface area contributed by atoms with Crippen LogP contribution >= 0.6 is 12.2 Å². The lowest BCUT2D eigenvalue weighted by molar-refractivity contribution is 0.363. The molecule has 0 amide bonds. The minimum absolute atomic E-state index is 0.329. The number of rotatable bonds is 5. The molecule has 0 aliphatic heterocycles. The fourth-order valence-corrected chi connectivity index (χ4v) is 1.38. The Labute approximate surface area is 82.8 Å². The van der Waals surface area contributed by atoms with Crippen molar-refractivity contribution >= 4 is 29.3 Å². The molecular formula is C7H15NO2S2. The van der Waals surface area contributed by atoms with Gasteiger partial charge >= 0.3 is 0 Å². The molecule has 0 aromatic heterocycles. The summed E-state index contributed by atoms with van der Waals surface area (Å²) in [4.78, 5) is 1.92. The van der Waals surface area contributed by atoms with Crippen LogP contribution in [0.4, 0.5) is 0 Å². The highest BCUT2D eigenvalue weighted by molar-refractivity contribution is 7.80. The van der Waals surface area contributed by atoms with Crippen LogP contribution in [-0.4, -0.2) is 27.4 Å². The van der Waals surface area contributed by atoms with Gasteiger partial charge in [0.2, 0.25) is 0 Å². The lowest BCUT2D eigenvalue weighted by Gasteiger charge is -2.21. The smallest absolute Gasteiger partial charge is 0.275 e. The Hall–Kier alpha value is -0.160. The standard InChI is InChI=1S/C7H15NO2S2/c1-3-5-8(6-4-2)7(11)10-12-9/h12H,3-6H2,1-2H3. The van der Waals surface area contributed by atoms with Crippen molar-refractivity contribution in [2.45, 2.75) is 26.7 Å². The molecule has 12 heavy (non-hydrogen) atoms. The van der Waals surface area contributed by atoms with Crippen molar-refractivity contribution in [2.75, 3.05) is 13.1 Å². The minimum Gasteiger partial charge on any atom is -0.373 e. The van der Waals surface area contributed by atoms with E-state index in [1.165, 1.54) is 0 Å². The summed E-state index contributed by atoms with van der Waals surface area (Å²) in [6.07, 6.45) is 2.03. The maximum atomic E-state index is 10.1. The lowest BCUT2D eigenvalue weighted by Crippen LogP contribution is -2.32. The predicted octanol–water partition coefficient (Wildman–Crippen LogP) is 1.27. The topological polar surface area (TPSA) is 29.5 Å². The first-order valence-corrected chi connectivity index (χ1v) is 5.18. The first-order chi connectivity index (χ1) is 5.76. The molecule has 3 nitrogen and oxygen atoms in total. The van der Waals surface area contributed by atoms with Crippen LogP contribution in [0, 0.1) is 0 Å². The SMILES string of the molecule is CCCN(CCC)C(=S)O[SH]=O. The third-order valence-electron chi connectivity index (χ3n) is 1.36. The van der Waals surface area contributed by atoms with Gasteiger partial charge in [0.15, 0.2) is 11.9 Å². The summed E-state index contributed by atoms with van der Waals surface area (Å²) in [5.74, 6) is 0. The highest BCUT2D eigenvalue weighted by Gasteiger charge is 2.07. The van der Waals surface area contributed by atoms with E-state index >= 15 is 0 Å².